The van der Waals surface area contributed by atoms with Gasteiger partial charge in [0.1, 0.15) is 35.6 Å². The Bertz CT molecular complexity index is 1110. The number of hydrazone groups is 1. The normalized spacial score (nSPS) is 30.1. The average molecular weight is 450 g/mol. The van der Waals surface area contributed by atoms with Crippen molar-refractivity contribution in [2.45, 2.75) is 49.8 Å². The molecule has 2 unspecified atom stereocenters. The summed E-state index contributed by atoms with van der Waals surface area (Å²) >= 11 is 0. The SMILES string of the molecule is CC(=O)C1=NN2c3cc(F)ccc3OCC2[C@@]1(CCCN1CC2C[C@@H]1CO2)c1ccccc1. The molecule has 0 saturated carbocycles. The van der Waals surface area contributed by atoms with Gasteiger partial charge >= 0.3 is 0 Å². The zero-order valence-electron chi connectivity index (χ0n) is 18.7. The molecule has 172 valence electrons. The fraction of sp³-hybridized carbons (Fsp3) is 0.462. The van der Waals surface area contributed by atoms with Gasteiger partial charge in [-0.2, -0.15) is 5.10 Å². The van der Waals surface area contributed by atoms with Crippen LogP contribution in [0.4, 0.5) is 10.1 Å². The number of fused-ring (bicyclic) bond motifs is 5. The van der Waals surface area contributed by atoms with Gasteiger partial charge in [-0.3, -0.25) is 14.7 Å². The van der Waals surface area contributed by atoms with Crippen molar-refractivity contribution in [2.24, 2.45) is 5.10 Å². The number of Topliss-reactive ketones (excluding diaryl/α,β-unsaturated/α-hetero) is 1. The molecule has 4 atom stereocenters. The van der Waals surface area contributed by atoms with Crippen LogP contribution < -0.4 is 9.75 Å². The van der Waals surface area contributed by atoms with E-state index in [1.807, 2.05) is 23.2 Å². The van der Waals surface area contributed by atoms with Crippen molar-refractivity contribution in [3.8, 4) is 5.75 Å². The number of ether oxygens (including phenoxy) is 2. The Labute approximate surface area is 193 Å². The molecule has 6 rings (SSSR count). The first-order chi connectivity index (χ1) is 16.1. The number of anilines is 1. The number of hydrogen-bond donors (Lipinski definition) is 0. The maximum absolute atomic E-state index is 14.2. The molecule has 7 heteroatoms. The smallest absolute Gasteiger partial charge is 0.176 e. The van der Waals surface area contributed by atoms with Gasteiger partial charge in [0.05, 0.1) is 18.1 Å². The molecule has 0 amide bonds. The molecular weight excluding hydrogens is 421 g/mol. The van der Waals surface area contributed by atoms with E-state index < -0.39 is 5.41 Å². The third-order valence-electron chi connectivity index (χ3n) is 7.71. The van der Waals surface area contributed by atoms with E-state index in [1.165, 1.54) is 12.1 Å². The van der Waals surface area contributed by atoms with Gasteiger partial charge in [0, 0.05) is 25.6 Å². The molecule has 4 aliphatic rings. The molecule has 0 aliphatic carbocycles. The highest BCUT2D eigenvalue weighted by molar-refractivity contribution is 6.43. The Morgan fingerprint density at radius 2 is 2.06 bits per heavy atom. The molecular formula is C26H28FN3O3. The molecule has 2 fully saturated rings. The first-order valence-electron chi connectivity index (χ1n) is 11.8. The van der Waals surface area contributed by atoms with Gasteiger partial charge in [0.25, 0.3) is 0 Å². The molecule has 4 aliphatic heterocycles. The fourth-order valence-corrected chi connectivity index (χ4v) is 6.22. The van der Waals surface area contributed by atoms with Gasteiger partial charge in [0.2, 0.25) is 0 Å². The summed E-state index contributed by atoms with van der Waals surface area (Å²) in [5.74, 6) is 0.192. The van der Waals surface area contributed by atoms with Crippen LogP contribution in [-0.4, -0.2) is 60.9 Å². The lowest BCUT2D eigenvalue weighted by Gasteiger charge is -2.42. The van der Waals surface area contributed by atoms with Crippen LogP contribution in [0.25, 0.3) is 0 Å². The number of halogens is 1. The summed E-state index contributed by atoms with van der Waals surface area (Å²) in [6.45, 7) is 4.74. The van der Waals surface area contributed by atoms with Gasteiger partial charge < -0.3 is 9.47 Å². The second kappa shape index (κ2) is 7.92. The highest BCUT2D eigenvalue weighted by Crippen LogP contribution is 2.48. The Balaban J connectivity index is 1.37. The second-order valence-corrected chi connectivity index (χ2v) is 9.57. The van der Waals surface area contributed by atoms with Crippen LogP contribution in [0.15, 0.2) is 53.6 Å². The molecule has 4 heterocycles. The summed E-state index contributed by atoms with van der Waals surface area (Å²) in [7, 11) is 0. The average Bonchev–Trinajstić information content (AvgIpc) is 3.53. The van der Waals surface area contributed by atoms with Crippen LogP contribution in [0, 0.1) is 5.82 Å². The Morgan fingerprint density at radius 1 is 1.21 bits per heavy atom. The molecule has 0 N–H and O–H groups in total. The largest absolute Gasteiger partial charge is 0.489 e. The van der Waals surface area contributed by atoms with E-state index in [0.717, 1.165) is 44.5 Å². The van der Waals surface area contributed by atoms with Crippen molar-refractivity contribution in [1.29, 1.82) is 0 Å². The van der Waals surface area contributed by atoms with Gasteiger partial charge in [-0.1, -0.05) is 30.3 Å². The van der Waals surface area contributed by atoms with E-state index in [0.29, 0.717) is 35.9 Å². The molecule has 0 spiro atoms. The van der Waals surface area contributed by atoms with Crippen LogP contribution in [0.3, 0.4) is 0 Å². The number of nitrogens with zero attached hydrogens (tertiary/aromatic N) is 3. The molecule has 2 bridgehead atoms. The Hall–Kier alpha value is -2.77. The molecule has 2 aromatic carbocycles. The number of morpholine rings is 1. The summed E-state index contributed by atoms with van der Waals surface area (Å²) in [5.41, 5.74) is 1.55. The molecule has 0 aromatic heterocycles. The zero-order chi connectivity index (χ0) is 22.6. The second-order valence-electron chi connectivity index (χ2n) is 9.57. The standard InChI is InChI=1S/C26H28FN3O3/c1-17(31)25-26(18-6-3-2-4-7-18,10-5-11-29-14-21-13-20(29)15-32-21)24-16-33-23-9-8-19(27)12-22(23)30(24)28-25/h2-4,6-9,12,20-21,24H,5,10-11,13-16H2,1H3/t20-,21?,24?,26-/m1/s1. The first kappa shape index (κ1) is 20.8. The van der Waals surface area contributed by atoms with Gasteiger partial charge in [-0.25, -0.2) is 4.39 Å². The summed E-state index contributed by atoms with van der Waals surface area (Å²) in [5, 5.41) is 6.66. The van der Waals surface area contributed by atoms with Crippen LogP contribution >= 0.6 is 0 Å². The number of hydrogen-bond acceptors (Lipinski definition) is 6. The van der Waals surface area contributed by atoms with E-state index in [-0.39, 0.29) is 17.6 Å². The highest BCUT2D eigenvalue weighted by Gasteiger charge is 2.56. The maximum Gasteiger partial charge on any atom is 0.176 e. The first-order valence-corrected chi connectivity index (χ1v) is 11.8. The van der Waals surface area contributed by atoms with Crippen molar-refractivity contribution in [1.82, 2.24) is 4.90 Å². The third kappa shape index (κ3) is 3.28. The summed E-state index contributed by atoms with van der Waals surface area (Å²) in [6.07, 6.45) is 3.17. The van der Waals surface area contributed by atoms with Gasteiger partial charge in [-0.05, 0) is 43.5 Å². The summed E-state index contributed by atoms with van der Waals surface area (Å²) < 4.78 is 26.0. The monoisotopic (exact) mass is 449 g/mol. The van der Waals surface area contributed by atoms with Gasteiger partial charge in [0.15, 0.2) is 5.78 Å². The number of carbonyl (C=O) groups is 1. The lowest BCUT2D eigenvalue weighted by molar-refractivity contribution is -0.111. The summed E-state index contributed by atoms with van der Waals surface area (Å²) in [4.78, 5) is 15.5. The number of ketones is 1. The number of carbonyl (C=O) groups excluding carboxylic acids is 1. The minimum absolute atomic E-state index is 0.0557. The Kier molecular flexibility index (Phi) is 4.99. The minimum atomic E-state index is -0.619. The molecule has 33 heavy (non-hydrogen) atoms. The van der Waals surface area contributed by atoms with Crippen molar-refractivity contribution in [3.63, 3.8) is 0 Å². The van der Waals surface area contributed by atoms with Crippen LogP contribution in [0.1, 0.15) is 31.7 Å². The number of likely N-dealkylation sites (tertiary alicyclic amines) is 1. The van der Waals surface area contributed by atoms with E-state index in [2.05, 4.69) is 17.0 Å². The molecule has 2 aromatic rings. The van der Waals surface area contributed by atoms with E-state index >= 15 is 0 Å². The van der Waals surface area contributed by atoms with Gasteiger partial charge in [-0.15, -0.1) is 0 Å². The molecule has 0 radical (unpaired) electrons. The summed E-state index contributed by atoms with van der Waals surface area (Å²) in [6, 6.07) is 14.9. The van der Waals surface area contributed by atoms with E-state index in [9.17, 15) is 9.18 Å². The lowest BCUT2D eigenvalue weighted by atomic mass is 9.67. The van der Waals surface area contributed by atoms with Crippen LogP contribution in [0.2, 0.25) is 0 Å². The minimum Gasteiger partial charge on any atom is -0.489 e. The highest BCUT2D eigenvalue weighted by atomic mass is 19.1. The maximum atomic E-state index is 14.2. The van der Waals surface area contributed by atoms with E-state index in [4.69, 9.17) is 14.6 Å². The predicted molar refractivity (Wildman–Crippen MR) is 123 cm³/mol. The van der Waals surface area contributed by atoms with Crippen LogP contribution in [0.5, 0.6) is 5.75 Å². The van der Waals surface area contributed by atoms with Crippen molar-refractivity contribution < 1.29 is 18.7 Å². The zero-order valence-corrected chi connectivity index (χ0v) is 18.7. The topological polar surface area (TPSA) is 54.4 Å². The Morgan fingerprint density at radius 3 is 2.79 bits per heavy atom. The quantitative estimate of drug-likeness (QED) is 0.675. The van der Waals surface area contributed by atoms with Crippen molar-refractivity contribution in [3.05, 3.63) is 59.9 Å². The fourth-order valence-electron chi connectivity index (χ4n) is 6.22. The molecule has 6 nitrogen and oxygen atoms in total. The third-order valence-corrected chi connectivity index (χ3v) is 7.71. The number of rotatable bonds is 6. The lowest BCUT2D eigenvalue weighted by Crippen LogP contribution is -2.54. The van der Waals surface area contributed by atoms with Crippen LogP contribution in [-0.2, 0) is 14.9 Å². The van der Waals surface area contributed by atoms with E-state index in [1.54, 1.807) is 13.0 Å². The molecule has 2 saturated heterocycles. The predicted octanol–water partition coefficient (Wildman–Crippen LogP) is 3.54. The number of benzene rings is 2. The van der Waals surface area contributed by atoms with Crippen molar-refractivity contribution in [2.75, 3.05) is 31.3 Å². The van der Waals surface area contributed by atoms with Crippen molar-refractivity contribution >= 4 is 17.2 Å².